The molecule has 0 radical (unpaired) electrons. The SMILES string of the molecule is O=S1(=O)N=C([C@@H]2C[C@H]2c2ccccc2)c2ccc3ccccc3c2O1. The Morgan fingerprint density at radius 3 is 2.48 bits per heavy atom. The fourth-order valence-corrected chi connectivity index (χ4v) is 4.56. The van der Waals surface area contributed by atoms with E-state index in [4.69, 9.17) is 4.18 Å². The molecule has 0 bridgehead atoms. The standard InChI is InChI=1S/C20H15NO3S/c22-25(23)21-19(18-12-17(18)13-6-2-1-3-7-13)16-11-10-14-8-4-5-9-15(14)20(16)24-25/h1-11,17-18H,12H2/t17-,18+/m0/s1. The molecule has 2 aliphatic rings. The molecule has 124 valence electrons. The van der Waals surface area contributed by atoms with E-state index in [1.165, 1.54) is 5.56 Å². The Labute approximate surface area is 146 Å². The summed E-state index contributed by atoms with van der Waals surface area (Å²) < 4.78 is 33.7. The molecule has 1 aliphatic heterocycles. The quantitative estimate of drug-likeness (QED) is 0.701. The Balaban J connectivity index is 1.64. The average Bonchev–Trinajstić information content (AvgIpc) is 3.42. The summed E-state index contributed by atoms with van der Waals surface area (Å²) in [5.74, 6) is 0.829. The van der Waals surface area contributed by atoms with Crippen LogP contribution in [-0.2, 0) is 10.3 Å². The number of hydrogen-bond donors (Lipinski definition) is 0. The second kappa shape index (κ2) is 5.17. The van der Waals surface area contributed by atoms with Gasteiger partial charge in [0.1, 0.15) is 0 Å². The first-order valence-corrected chi connectivity index (χ1v) is 9.60. The normalized spacial score (nSPS) is 23.4. The Bertz CT molecular complexity index is 1120. The fraction of sp³-hybridized carbons (Fsp3) is 0.150. The van der Waals surface area contributed by atoms with E-state index < -0.39 is 10.3 Å². The predicted octanol–water partition coefficient (Wildman–Crippen LogP) is 4.07. The third-order valence-electron chi connectivity index (χ3n) is 4.92. The Hall–Kier alpha value is -2.66. The first-order chi connectivity index (χ1) is 12.1. The zero-order valence-electron chi connectivity index (χ0n) is 13.3. The molecule has 0 N–H and O–H groups in total. The second-order valence-corrected chi connectivity index (χ2v) is 7.72. The molecular weight excluding hydrogens is 334 g/mol. The summed E-state index contributed by atoms with van der Waals surface area (Å²) in [4.78, 5) is 0. The van der Waals surface area contributed by atoms with Crippen LogP contribution >= 0.6 is 0 Å². The molecule has 3 aromatic carbocycles. The van der Waals surface area contributed by atoms with E-state index >= 15 is 0 Å². The molecule has 0 unspecified atom stereocenters. The van der Waals surface area contributed by atoms with Crippen molar-refractivity contribution in [3.05, 3.63) is 77.9 Å². The number of hydrogen-bond acceptors (Lipinski definition) is 3. The molecule has 0 saturated heterocycles. The number of benzene rings is 3. The molecule has 1 saturated carbocycles. The van der Waals surface area contributed by atoms with Crippen LogP contribution in [0.4, 0.5) is 0 Å². The maximum Gasteiger partial charge on any atom is 0.428 e. The lowest BCUT2D eigenvalue weighted by molar-refractivity contribution is 0.487. The minimum atomic E-state index is -3.96. The Kier molecular flexibility index (Phi) is 3.03. The van der Waals surface area contributed by atoms with Gasteiger partial charge in [0.15, 0.2) is 5.75 Å². The minimum Gasteiger partial charge on any atom is -0.364 e. The van der Waals surface area contributed by atoms with E-state index in [2.05, 4.69) is 16.5 Å². The predicted molar refractivity (Wildman–Crippen MR) is 97.3 cm³/mol. The van der Waals surface area contributed by atoms with E-state index in [0.29, 0.717) is 17.4 Å². The van der Waals surface area contributed by atoms with Crippen molar-refractivity contribution in [2.24, 2.45) is 10.3 Å². The summed E-state index contributed by atoms with van der Waals surface area (Å²) in [7, 11) is -3.96. The van der Waals surface area contributed by atoms with Crippen LogP contribution in [0.5, 0.6) is 5.75 Å². The average molecular weight is 349 g/mol. The number of rotatable bonds is 2. The van der Waals surface area contributed by atoms with Gasteiger partial charge in [-0.3, -0.25) is 0 Å². The maximum absolute atomic E-state index is 12.2. The Morgan fingerprint density at radius 1 is 0.880 bits per heavy atom. The van der Waals surface area contributed by atoms with Gasteiger partial charge in [-0.15, -0.1) is 4.40 Å². The molecule has 0 amide bonds. The summed E-state index contributed by atoms with van der Waals surface area (Å²) >= 11 is 0. The molecule has 1 fully saturated rings. The van der Waals surface area contributed by atoms with Gasteiger partial charge in [0, 0.05) is 16.9 Å². The van der Waals surface area contributed by atoms with Gasteiger partial charge < -0.3 is 4.18 Å². The van der Waals surface area contributed by atoms with Gasteiger partial charge in [-0.1, -0.05) is 60.7 Å². The summed E-state index contributed by atoms with van der Waals surface area (Å²) in [6.07, 6.45) is 0.907. The van der Waals surface area contributed by atoms with Crippen LogP contribution in [0.25, 0.3) is 10.8 Å². The maximum atomic E-state index is 12.2. The van der Waals surface area contributed by atoms with Gasteiger partial charge >= 0.3 is 10.3 Å². The zero-order valence-corrected chi connectivity index (χ0v) is 14.1. The number of fused-ring (bicyclic) bond motifs is 3. The molecule has 0 spiro atoms. The first-order valence-electron chi connectivity index (χ1n) is 8.24. The van der Waals surface area contributed by atoms with Crippen molar-refractivity contribution < 1.29 is 12.6 Å². The molecule has 5 rings (SSSR count). The van der Waals surface area contributed by atoms with Crippen LogP contribution in [-0.4, -0.2) is 14.1 Å². The van der Waals surface area contributed by atoms with Crippen molar-refractivity contribution in [1.82, 2.24) is 0 Å². The molecule has 1 heterocycles. The largest absolute Gasteiger partial charge is 0.428 e. The van der Waals surface area contributed by atoms with Crippen LogP contribution in [0.1, 0.15) is 23.5 Å². The van der Waals surface area contributed by atoms with Crippen LogP contribution in [0.2, 0.25) is 0 Å². The first kappa shape index (κ1) is 14.7. The van der Waals surface area contributed by atoms with Crippen LogP contribution in [0.3, 0.4) is 0 Å². The van der Waals surface area contributed by atoms with Crippen molar-refractivity contribution in [3.8, 4) is 5.75 Å². The summed E-state index contributed by atoms with van der Waals surface area (Å²) in [5.41, 5.74) is 2.64. The molecular formula is C20H15NO3S. The van der Waals surface area contributed by atoms with Gasteiger partial charge in [0.05, 0.1) is 5.71 Å². The molecule has 2 atom stereocenters. The molecule has 4 nitrogen and oxygen atoms in total. The van der Waals surface area contributed by atoms with E-state index in [0.717, 1.165) is 22.8 Å². The zero-order chi connectivity index (χ0) is 17.0. The lowest BCUT2D eigenvalue weighted by Crippen LogP contribution is -2.20. The number of nitrogens with zero attached hydrogens (tertiary/aromatic N) is 1. The van der Waals surface area contributed by atoms with Gasteiger partial charge in [0.2, 0.25) is 0 Å². The lowest BCUT2D eigenvalue weighted by atomic mass is 9.98. The Morgan fingerprint density at radius 2 is 1.64 bits per heavy atom. The van der Waals surface area contributed by atoms with Crippen LogP contribution in [0, 0.1) is 5.92 Å². The molecule has 25 heavy (non-hydrogen) atoms. The van der Waals surface area contributed by atoms with E-state index in [9.17, 15) is 8.42 Å². The highest BCUT2D eigenvalue weighted by molar-refractivity contribution is 7.86. The van der Waals surface area contributed by atoms with E-state index in [1.54, 1.807) is 0 Å². The molecule has 3 aromatic rings. The van der Waals surface area contributed by atoms with Gasteiger partial charge in [-0.25, -0.2) is 0 Å². The smallest absolute Gasteiger partial charge is 0.364 e. The van der Waals surface area contributed by atoms with Crippen molar-refractivity contribution in [3.63, 3.8) is 0 Å². The van der Waals surface area contributed by atoms with Crippen LogP contribution in [0.15, 0.2) is 71.1 Å². The van der Waals surface area contributed by atoms with Crippen LogP contribution < -0.4 is 4.18 Å². The summed E-state index contributed by atoms with van der Waals surface area (Å²) in [5, 5.41) is 1.75. The van der Waals surface area contributed by atoms with E-state index in [1.807, 2.05) is 54.6 Å². The summed E-state index contributed by atoms with van der Waals surface area (Å²) in [6, 6.07) is 21.7. The van der Waals surface area contributed by atoms with Gasteiger partial charge in [-0.2, -0.15) is 8.42 Å². The third-order valence-corrected chi connectivity index (χ3v) is 5.72. The molecule has 5 heteroatoms. The van der Waals surface area contributed by atoms with Crippen molar-refractivity contribution in [2.45, 2.75) is 12.3 Å². The monoisotopic (exact) mass is 349 g/mol. The van der Waals surface area contributed by atoms with Crippen molar-refractivity contribution in [2.75, 3.05) is 0 Å². The molecule has 1 aliphatic carbocycles. The molecule has 0 aromatic heterocycles. The highest BCUT2D eigenvalue weighted by Crippen LogP contribution is 2.51. The lowest BCUT2D eigenvalue weighted by Gasteiger charge is -2.19. The fourth-order valence-electron chi connectivity index (χ4n) is 3.66. The van der Waals surface area contributed by atoms with Gasteiger partial charge in [0.25, 0.3) is 0 Å². The second-order valence-electron chi connectivity index (χ2n) is 6.51. The minimum absolute atomic E-state index is 0.112. The van der Waals surface area contributed by atoms with Gasteiger partial charge in [-0.05, 0) is 29.4 Å². The topological polar surface area (TPSA) is 55.7 Å². The van der Waals surface area contributed by atoms with Crippen molar-refractivity contribution >= 4 is 26.8 Å². The third kappa shape index (κ3) is 2.43. The highest BCUT2D eigenvalue weighted by Gasteiger charge is 2.45. The summed E-state index contributed by atoms with van der Waals surface area (Å²) in [6.45, 7) is 0. The van der Waals surface area contributed by atoms with E-state index in [-0.39, 0.29) is 5.92 Å². The highest BCUT2D eigenvalue weighted by atomic mass is 32.2. The van der Waals surface area contributed by atoms with Crippen molar-refractivity contribution in [1.29, 1.82) is 0 Å².